The second-order valence-electron chi connectivity index (χ2n) is 3.18. The average Bonchev–Trinajstić information content (AvgIpc) is 2.74. The SMILES string of the molecule is O=C(NOc1c(Cl)cccc1Cl)c1sccc1I. The van der Waals surface area contributed by atoms with Crippen LogP contribution in [0.3, 0.4) is 0 Å². The number of rotatable bonds is 3. The highest BCUT2D eigenvalue weighted by molar-refractivity contribution is 14.1. The number of amides is 1. The van der Waals surface area contributed by atoms with Gasteiger partial charge < -0.3 is 4.84 Å². The maximum absolute atomic E-state index is 11.8. The Morgan fingerprint density at radius 1 is 1.28 bits per heavy atom. The Kier molecular flexibility index (Phi) is 4.71. The maximum atomic E-state index is 11.8. The fraction of sp³-hybridized carbons (Fsp3) is 0. The third-order valence-corrected chi connectivity index (χ3v) is 4.76. The van der Waals surface area contributed by atoms with Gasteiger partial charge in [-0.1, -0.05) is 29.3 Å². The summed E-state index contributed by atoms with van der Waals surface area (Å²) < 4.78 is 0.865. The molecule has 0 aliphatic heterocycles. The van der Waals surface area contributed by atoms with Crippen molar-refractivity contribution in [2.75, 3.05) is 0 Å². The molecule has 94 valence electrons. The number of benzene rings is 1. The number of nitrogens with one attached hydrogen (secondary N) is 1. The Labute approximate surface area is 131 Å². The van der Waals surface area contributed by atoms with Crippen molar-refractivity contribution in [3.05, 3.63) is 48.1 Å². The van der Waals surface area contributed by atoms with Crippen LogP contribution < -0.4 is 10.3 Å². The minimum Gasteiger partial charge on any atom is -0.376 e. The van der Waals surface area contributed by atoms with E-state index < -0.39 is 0 Å². The standard InChI is InChI=1S/C11H6Cl2INO2S/c12-6-2-1-3-7(13)9(6)17-15-11(16)10-8(14)4-5-18-10/h1-5H,(H,15,16). The number of thiophene rings is 1. The molecular formula is C11H6Cl2INO2S. The van der Waals surface area contributed by atoms with Crippen LogP contribution in [0.15, 0.2) is 29.6 Å². The van der Waals surface area contributed by atoms with Gasteiger partial charge in [0.05, 0.1) is 10.0 Å². The molecule has 2 aromatic rings. The highest BCUT2D eigenvalue weighted by atomic mass is 127. The van der Waals surface area contributed by atoms with E-state index in [-0.39, 0.29) is 11.7 Å². The molecule has 0 bridgehead atoms. The van der Waals surface area contributed by atoms with Crippen LogP contribution in [-0.4, -0.2) is 5.91 Å². The Morgan fingerprint density at radius 3 is 2.50 bits per heavy atom. The van der Waals surface area contributed by atoms with Gasteiger partial charge in [0.15, 0.2) is 5.75 Å². The first-order valence-corrected chi connectivity index (χ1v) is 7.45. The van der Waals surface area contributed by atoms with E-state index in [2.05, 4.69) is 28.1 Å². The lowest BCUT2D eigenvalue weighted by atomic mass is 10.3. The summed E-state index contributed by atoms with van der Waals surface area (Å²) in [7, 11) is 0. The van der Waals surface area contributed by atoms with Crippen molar-refractivity contribution in [2.45, 2.75) is 0 Å². The number of hydrogen-bond donors (Lipinski definition) is 1. The third-order valence-electron chi connectivity index (χ3n) is 1.99. The van der Waals surface area contributed by atoms with Gasteiger partial charge in [-0.3, -0.25) is 4.79 Å². The van der Waals surface area contributed by atoms with Gasteiger partial charge in [0, 0.05) is 3.57 Å². The second-order valence-corrected chi connectivity index (χ2v) is 6.07. The van der Waals surface area contributed by atoms with Crippen molar-refractivity contribution >= 4 is 63.0 Å². The zero-order chi connectivity index (χ0) is 13.1. The lowest BCUT2D eigenvalue weighted by Gasteiger charge is -2.09. The van der Waals surface area contributed by atoms with E-state index in [1.807, 2.05) is 11.4 Å². The average molecular weight is 414 g/mol. The van der Waals surface area contributed by atoms with E-state index >= 15 is 0 Å². The molecule has 18 heavy (non-hydrogen) atoms. The van der Waals surface area contributed by atoms with Crippen molar-refractivity contribution in [3.8, 4) is 5.75 Å². The summed E-state index contributed by atoms with van der Waals surface area (Å²) in [4.78, 5) is 17.5. The number of carbonyl (C=O) groups is 1. The van der Waals surface area contributed by atoms with Crippen LogP contribution in [0.25, 0.3) is 0 Å². The van der Waals surface area contributed by atoms with Gasteiger partial charge in [0.25, 0.3) is 5.91 Å². The van der Waals surface area contributed by atoms with E-state index in [9.17, 15) is 4.79 Å². The topological polar surface area (TPSA) is 38.3 Å². The molecule has 0 saturated carbocycles. The summed E-state index contributed by atoms with van der Waals surface area (Å²) in [5.41, 5.74) is 2.32. The number of para-hydroxylation sites is 1. The highest BCUT2D eigenvalue weighted by Crippen LogP contribution is 2.31. The molecule has 1 heterocycles. The fourth-order valence-corrected chi connectivity index (χ4v) is 3.37. The summed E-state index contributed by atoms with van der Waals surface area (Å²) in [5.74, 6) is -0.0915. The van der Waals surface area contributed by atoms with Crippen LogP contribution in [0.5, 0.6) is 5.75 Å². The van der Waals surface area contributed by atoms with E-state index in [4.69, 9.17) is 28.0 Å². The van der Waals surface area contributed by atoms with Crippen LogP contribution in [-0.2, 0) is 0 Å². The molecule has 1 amide bonds. The zero-order valence-electron chi connectivity index (χ0n) is 8.75. The van der Waals surface area contributed by atoms with Gasteiger partial charge in [-0.05, 0) is 46.2 Å². The molecule has 0 spiro atoms. The van der Waals surface area contributed by atoms with Crippen LogP contribution in [0.2, 0.25) is 10.0 Å². The Bertz CT molecular complexity index is 568. The summed E-state index contributed by atoms with van der Waals surface area (Å²) in [5, 5.41) is 2.51. The van der Waals surface area contributed by atoms with Crippen LogP contribution in [0.4, 0.5) is 0 Å². The maximum Gasteiger partial charge on any atom is 0.295 e. The van der Waals surface area contributed by atoms with Crippen molar-refractivity contribution in [1.29, 1.82) is 0 Å². The third kappa shape index (κ3) is 3.09. The quantitative estimate of drug-likeness (QED) is 0.598. The van der Waals surface area contributed by atoms with E-state index in [0.29, 0.717) is 14.9 Å². The highest BCUT2D eigenvalue weighted by Gasteiger charge is 2.14. The predicted molar refractivity (Wildman–Crippen MR) is 81.6 cm³/mol. The van der Waals surface area contributed by atoms with Gasteiger partial charge in [-0.25, -0.2) is 0 Å². The number of carbonyl (C=O) groups excluding carboxylic acids is 1. The first-order chi connectivity index (χ1) is 8.59. The summed E-state index contributed by atoms with van der Waals surface area (Å²) in [6.07, 6.45) is 0. The predicted octanol–water partition coefficient (Wildman–Crippen LogP) is 4.38. The molecule has 0 saturated heterocycles. The van der Waals surface area contributed by atoms with Gasteiger partial charge in [0.2, 0.25) is 0 Å². The number of hydroxylamine groups is 1. The molecule has 0 aliphatic carbocycles. The van der Waals surface area contributed by atoms with Crippen LogP contribution in [0.1, 0.15) is 9.67 Å². The summed E-state index contributed by atoms with van der Waals surface area (Å²) in [6, 6.07) is 6.80. The zero-order valence-corrected chi connectivity index (χ0v) is 13.2. The Morgan fingerprint density at radius 2 is 1.94 bits per heavy atom. The van der Waals surface area contributed by atoms with Crippen molar-refractivity contribution in [2.24, 2.45) is 0 Å². The number of halogens is 3. The molecule has 1 aromatic heterocycles. The molecule has 0 atom stereocenters. The molecular weight excluding hydrogens is 408 g/mol. The summed E-state index contributed by atoms with van der Waals surface area (Å²) in [6.45, 7) is 0. The monoisotopic (exact) mass is 413 g/mol. The first kappa shape index (κ1) is 13.9. The lowest BCUT2D eigenvalue weighted by Crippen LogP contribution is -2.27. The van der Waals surface area contributed by atoms with E-state index in [1.54, 1.807) is 18.2 Å². The first-order valence-electron chi connectivity index (χ1n) is 4.74. The van der Waals surface area contributed by atoms with Gasteiger partial charge >= 0.3 is 0 Å². The molecule has 3 nitrogen and oxygen atoms in total. The minimum absolute atomic E-state index is 0.237. The molecule has 2 rings (SSSR count). The van der Waals surface area contributed by atoms with Crippen molar-refractivity contribution in [3.63, 3.8) is 0 Å². The van der Waals surface area contributed by atoms with Gasteiger partial charge in [-0.2, -0.15) is 5.48 Å². The Hall–Kier alpha value is -0.500. The smallest absolute Gasteiger partial charge is 0.295 e. The van der Waals surface area contributed by atoms with E-state index in [1.165, 1.54) is 11.3 Å². The van der Waals surface area contributed by atoms with Gasteiger partial charge in [0.1, 0.15) is 4.88 Å². The molecule has 0 unspecified atom stereocenters. The molecule has 7 heteroatoms. The fourth-order valence-electron chi connectivity index (χ4n) is 1.18. The molecule has 0 fully saturated rings. The van der Waals surface area contributed by atoms with E-state index in [0.717, 1.165) is 3.57 Å². The molecule has 1 aromatic carbocycles. The Balaban J connectivity index is 2.09. The van der Waals surface area contributed by atoms with Crippen molar-refractivity contribution in [1.82, 2.24) is 5.48 Å². The molecule has 0 aliphatic rings. The lowest BCUT2D eigenvalue weighted by molar-refractivity contribution is 0.0764. The molecule has 1 N–H and O–H groups in total. The minimum atomic E-state index is -0.328. The van der Waals surface area contributed by atoms with Crippen LogP contribution >= 0.6 is 57.1 Å². The summed E-state index contributed by atoms with van der Waals surface area (Å²) >= 11 is 15.2. The van der Waals surface area contributed by atoms with Crippen molar-refractivity contribution < 1.29 is 9.63 Å². The second kappa shape index (κ2) is 6.10. The van der Waals surface area contributed by atoms with Gasteiger partial charge in [-0.15, -0.1) is 11.3 Å². The largest absolute Gasteiger partial charge is 0.376 e. The van der Waals surface area contributed by atoms with Crippen LogP contribution in [0, 0.1) is 3.57 Å². The normalized spacial score (nSPS) is 10.2. The molecule has 0 radical (unpaired) electrons. The number of hydrogen-bond acceptors (Lipinski definition) is 3.